The first kappa shape index (κ1) is 21.1. The maximum Gasteiger partial charge on any atom is 0.237 e. The molecule has 1 atom stereocenters. The van der Waals surface area contributed by atoms with Gasteiger partial charge in [0.15, 0.2) is 0 Å². The summed E-state index contributed by atoms with van der Waals surface area (Å²) in [6.45, 7) is 3.84. The van der Waals surface area contributed by atoms with Crippen molar-refractivity contribution in [3.05, 3.63) is 64.4 Å². The van der Waals surface area contributed by atoms with Crippen LogP contribution in [0.2, 0.25) is 0 Å². The van der Waals surface area contributed by atoms with Gasteiger partial charge in [0, 0.05) is 15.8 Å². The number of thioether (sulfide) groups is 1. The highest BCUT2D eigenvalue weighted by molar-refractivity contribution is 9.10. The van der Waals surface area contributed by atoms with Gasteiger partial charge in [0.2, 0.25) is 17.8 Å². The zero-order valence-electron chi connectivity index (χ0n) is 16.0. The monoisotopic (exact) mass is 472 g/mol. The van der Waals surface area contributed by atoms with Crippen molar-refractivity contribution < 1.29 is 4.79 Å². The van der Waals surface area contributed by atoms with E-state index in [9.17, 15) is 4.79 Å². The molecule has 0 spiro atoms. The lowest BCUT2D eigenvalue weighted by molar-refractivity contribution is -0.115. The molecule has 4 N–H and O–H groups in total. The average molecular weight is 473 g/mol. The molecule has 3 rings (SSSR count). The first-order chi connectivity index (χ1) is 13.9. The first-order valence-electron chi connectivity index (χ1n) is 8.92. The third-order valence-corrected chi connectivity index (χ3v) is 5.70. The third kappa shape index (κ3) is 6.16. The summed E-state index contributed by atoms with van der Waals surface area (Å²) < 4.78 is 0.959. The van der Waals surface area contributed by atoms with E-state index in [0.29, 0.717) is 17.5 Å². The second-order valence-corrected chi connectivity index (χ2v) is 8.57. The van der Waals surface area contributed by atoms with Gasteiger partial charge in [0.25, 0.3) is 0 Å². The molecular formula is C20H21BrN6OS. The zero-order chi connectivity index (χ0) is 20.8. The molecule has 0 saturated heterocycles. The Balaban J connectivity index is 1.61. The Morgan fingerprint density at radius 2 is 1.86 bits per heavy atom. The van der Waals surface area contributed by atoms with Crippen LogP contribution in [0.15, 0.2) is 53.0 Å². The number of benzene rings is 2. The van der Waals surface area contributed by atoms with Gasteiger partial charge in [-0.2, -0.15) is 15.0 Å². The van der Waals surface area contributed by atoms with E-state index in [2.05, 4.69) is 41.5 Å². The summed E-state index contributed by atoms with van der Waals surface area (Å²) in [5.74, 6) is 1.39. The molecule has 1 unspecified atom stereocenters. The van der Waals surface area contributed by atoms with Crippen molar-refractivity contribution in [1.29, 1.82) is 0 Å². The predicted octanol–water partition coefficient (Wildman–Crippen LogP) is 4.53. The number of aryl methyl sites for hydroxylation is 1. The molecule has 1 aromatic heterocycles. The molecule has 0 bridgehead atoms. The Morgan fingerprint density at radius 3 is 2.59 bits per heavy atom. The SMILES string of the molecule is Cc1ccccc1Nc1nc(N)nc(CSC(C)C(=O)Nc2ccc(Br)cc2)n1. The average Bonchev–Trinajstić information content (AvgIpc) is 2.69. The molecule has 9 heteroatoms. The lowest BCUT2D eigenvalue weighted by Crippen LogP contribution is -2.22. The summed E-state index contributed by atoms with van der Waals surface area (Å²) in [5, 5.41) is 5.77. The molecule has 2 aromatic carbocycles. The van der Waals surface area contributed by atoms with Crippen molar-refractivity contribution in [2.45, 2.75) is 24.9 Å². The number of halogens is 1. The van der Waals surface area contributed by atoms with Crippen molar-refractivity contribution in [2.24, 2.45) is 0 Å². The van der Waals surface area contributed by atoms with Gasteiger partial charge in [-0.3, -0.25) is 4.79 Å². The quantitative estimate of drug-likeness (QED) is 0.463. The van der Waals surface area contributed by atoms with Crippen molar-refractivity contribution in [3.63, 3.8) is 0 Å². The number of rotatable bonds is 7. The Kier molecular flexibility index (Phi) is 7.05. The van der Waals surface area contributed by atoms with E-state index in [4.69, 9.17) is 5.73 Å². The number of para-hydroxylation sites is 1. The fourth-order valence-corrected chi connectivity index (χ4v) is 3.45. The number of nitrogens with two attached hydrogens (primary N) is 1. The van der Waals surface area contributed by atoms with Gasteiger partial charge >= 0.3 is 0 Å². The topological polar surface area (TPSA) is 106 Å². The van der Waals surface area contributed by atoms with Gasteiger partial charge in [-0.05, 0) is 49.7 Å². The second-order valence-electron chi connectivity index (χ2n) is 6.32. The van der Waals surface area contributed by atoms with E-state index in [-0.39, 0.29) is 17.1 Å². The summed E-state index contributed by atoms with van der Waals surface area (Å²) in [6, 6.07) is 15.3. The molecule has 1 heterocycles. The van der Waals surface area contributed by atoms with Crippen LogP contribution in [0.4, 0.5) is 23.3 Å². The van der Waals surface area contributed by atoms with Gasteiger partial charge in [-0.15, -0.1) is 11.8 Å². The molecule has 0 saturated carbocycles. The van der Waals surface area contributed by atoms with Crippen molar-refractivity contribution >= 4 is 56.9 Å². The Labute approximate surface area is 182 Å². The molecule has 1 amide bonds. The maximum atomic E-state index is 12.4. The normalized spacial score (nSPS) is 11.7. The summed E-state index contributed by atoms with van der Waals surface area (Å²) in [7, 11) is 0. The molecule has 150 valence electrons. The van der Waals surface area contributed by atoms with E-state index in [1.165, 1.54) is 11.8 Å². The van der Waals surface area contributed by atoms with Crippen molar-refractivity contribution in [3.8, 4) is 0 Å². The highest BCUT2D eigenvalue weighted by Crippen LogP contribution is 2.21. The summed E-state index contributed by atoms with van der Waals surface area (Å²) in [5.41, 5.74) is 8.56. The molecule has 0 aliphatic carbocycles. The Morgan fingerprint density at radius 1 is 1.14 bits per heavy atom. The molecule has 3 aromatic rings. The predicted molar refractivity (Wildman–Crippen MR) is 122 cm³/mol. The molecule has 7 nitrogen and oxygen atoms in total. The number of anilines is 4. The highest BCUT2D eigenvalue weighted by atomic mass is 79.9. The van der Waals surface area contributed by atoms with Crippen LogP contribution >= 0.6 is 27.7 Å². The molecule has 29 heavy (non-hydrogen) atoms. The number of nitrogens with one attached hydrogen (secondary N) is 2. The largest absolute Gasteiger partial charge is 0.368 e. The van der Waals surface area contributed by atoms with Gasteiger partial charge in [-0.1, -0.05) is 34.1 Å². The van der Waals surface area contributed by atoms with E-state index < -0.39 is 0 Å². The molecule has 0 aliphatic rings. The number of hydrogen-bond donors (Lipinski definition) is 3. The standard InChI is InChI=1S/C20H21BrN6OS/c1-12-5-3-4-6-16(12)24-20-26-17(25-19(22)27-20)11-29-13(2)18(28)23-15-9-7-14(21)8-10-15/h3-10,13H,11H2,1-2H3,(H,23,28)(H3,22,24,25,26,27). The van der Waals surface area contributed by atoms with Gasteiger partial charge in [-0.25, -0.2) is 0 Å². The van der Waals surface area contributed by atoms with Crippen LogP contribution in [0.3, 0.4) is 0 Å². The second kappa shape index (κ2) is 9.71. The maximum absolute atomic E-state index is 12.4. The molecular weight excluding hydrogens is 452 g/mol. The number of hydrogen-bond acceptors (Lipinski definition) is 7. The van der Waals surface area contributed by atoms with Crippen LogP contribution < -0.4 is 16.4 Å². The number of nitrogen functional groups attached to an aromatic ring is 1. The highest BCUT2D eigenvalue weighted by Gasteiger charge is 2.15. The minimum Gasteiger partial charge on any atom is -0.368 e. The smallest absolute Gasteiger partial charge is 0.237 e. The molecule has 0 fully saturated rings. The summed E-state index contributed by atoms with van der Waals surface area (Å²) >= 11 is 4.81. The Bertz CT molecular complexity index is 999. The van der Waals surface area contributed by atoms with Crippen LogP contribution in [0.1, 0.15) is 18.3 Å². The van der Waals surface area contributed by atoms with Crippen molar-refractivity contribution in [1.82, 2.24) is 15.0 Å². The lowest BCUT2D eigenvalue weighted by Gasteiger charge is -2.12. The van der Waals surface area contributed by atoms with E-state index >= 15 is 0 Å². The fourth-order valence-electron chi connectivity index (χ4n) is 2.44. The van der Waals surface area contributed by atoms with Gasteiger partial charge in [0.1, 0.15) is 5.82 Å². The van der Waals surface area contributed by atoms with E-state index in [1.54, 1.807) is 0 Å². The molecule has 0 radical (unpaired) electrons. The Hall–Kier alpha value is -2.65. The van der Waals surface area contributed by atoms with Crippen LogP contribution in [-0.4, -0.2) is 26.1 Å². The van der Waals surface area contributed by atoms with Crippen LogP contribution in [0.25, 0.3) is 0 Å². The third-order valence-electron chi connectivity index (χ3n) is 4.03. The van der Waals surface area contributed by atoms with Crippen LogP contribution in [0.5, 0.6) is 0 Å². The van der Waals surface area contributed by atoms with Gasteiger partial charge in [0.05, 0.1) is 11.0 Å². The fraction of sp³-hybridized carbons (Fsp3) is 0.200. The van der Waals surface area contributed by atoms with E-state index in [1.807, 2.05) is 62.4 Å². The number of amides is 1. The summed E-state index contributed by atoms with van der Waals surface area (Å²) in [4.78, 5) is 25.1. The van der Waals surface area contributed by atoms with Crippen LogP contribution in [0, 0.1) is 6.92 Å². The first-order valence-corrected chi connectivity index (χ1v) is 10.8. The lowest BCUT2D eigenvalue weighted by atomic mass is 10.2. The zero-order valence-corrected chi connectivity index (χ0v) is 18.4. The number of carbonyl (C=O) groups is 1. The van der Waals surface area contributed by atoms with Crippen molar-refractivity contribution in [2.75, 3.05) is 16.4 Å². The number of nitrogens with zero attached hydrogens (tertiary/aromatic N) is 3. The van der Waals surface area contributed by atoms with E-state index in [0.717, 1.165) is 21.4 Å². The number of carbonyl (C=O) groups excluding carboxylic acids is 1. The van der Waals surface area contributed by atoms with Crippen LogP contribution in [-0.2, 0) is 10.5 Å². The van der Waals surface area contributed by atoms with Gasteiger partial charge < -0.3 is 16.4 Å². The minimum atomic E-state index is -0.288. The minimum absolute atomic E-state index is 0.0855. The number of aromatic nitrogens is 3. The summed E-state index contributed by atoms with van der Waals surface area (Å²) in [6.07, 6.45) is 0. The molecule has 0 aliphatic heterocycles.